The lowest BCUT2D eigenvalue weighted by Crippen LogP contribution is -2.40. The second kappa shape index (κ2) is 9.58. The van der Waals surface area contributed by atoms with E-state index in [1.54, 1.807) is 13.2 Å². The number of hydrogen-bond donors (Lipinski definition) is 3. The fraction of sp³-hybridized carbons (Fsp3) is 0.333. The third-order valence-electron chi connectivity index (χ3n) is 3.63. The number of aliphatic imine (C=N–C) groups is 1. The maximum atomic E-state index is 9.58. The minimum absolute atomic E-state index is 0.0468. The molecule has 1 aromatic carbocycles. The summed E-state index contributed by atoms with van der Waals surface area (Å²) in [6.07, 6.45) is 2.64. The molecular formula is C18H24N4O. The van der Waals surface area contributed by atoms with Crippen molar-refractivity contribution in [1.82, 2.24) is 15.6 Å². The van der Waals surface area contributed by atoms with Crippen LogP contribution in [0.1, 0.15) is 17.2 Å². The Bertz CT molecular complexity index is 586. The summed E-state index contributed by atoms with van der Waals surface area (Å²) in [5.74, 6) is 0.779. The average Bonchev–Trinajstić information content (AvgIpc) is 2.62. The molecule has 0 spiro atoms. The number of aliphatic hydroxyl groups is 1. The highest BCUT2D eigenvalue weighted by Gasteiger charge is 2.10. The van der Waals surface area contributed by atoms with E-state index in [0.717, 1.165) is 30.2 Å². The van der Waals surface area contributed by atoms with E-state index in [0.29, 0.717) is 6.54 Å². The van der Waals surface area contributed by atoms with Crippen molar-refractivity contribution in [1.29, 1.82) is 0 Å². The Morgan fingerprint density at radius 1 is 1.13 bits per heavy atom. The molecule has 0 saturated carbocycles. The summed E-state index contributed by atoms with van der Waals surface area (Å²) in [5.41, 5.74) is 2.17. The smallest absolute Gasteiger partial charge is 0.191 e. The summed E-state index contributed by atoms with van der Waals surface area (Å²) in [6.45, 7) is 1.48. The van der Waals surface area contributed by atoms with Gasteiger partial charge in [0.2, 0.25) is 0 Å². The molecule has 5 nitrogen and oxygen atoms in total. The van der Waals surface area contributed by atoms with Gasteiger partial charge in [0, 0.05) is 44.4 Å². The second-order valence-corrected chi connectivity index (χ2v) is 5.24. The first-order valence-corrected chi connectivity index (χ1v) is 7.83. The number of rotatable bonds is 7. The predicted molar refractivity (Wildman–Crippen MR) is 93.6 cm³/mol. The maximum absolute atomic E-state index is 9.58. The molecule has 0 aliphatic heterocycles. The summed E-state index contributed by atoms with van der Waals surface area (Å²) in [5, 5.41) is 16.1. The topological polar surface area (TPSA) is 69.5 Å². The molecule has 1 aromatic heterocycles. The van der Waals surface area contributed by atoms with Gasteiger partial charge in [-0.1, -0.05) is 36.4 Å². The van der Waals surface area contributed by atoms with Crippen LogP contribution in [-0.4, -0.2) is 42.8 Å². The molecule has 1 unspecified atom stereocenters. The Kier molecular flexibility index (Phi) is 7.07. The van der Waals surface area contributed by atoms with Crippen LogP contribution in [0.2, 0.25) is 0 Å². The van der Waals surface area contributed by atoms with E-state index in [4.69, 9.17) is 0 Å². The van der Waals surface area contributed by atoms with Gasteiger partial charge in [0.25, 0.3) is 0 Å². The van der Waals surface area contributed by atoms with Crippen molar-refractivity contribution >= 4 is 5.96 Å². The first-order chi connectivity index (χ1) is 11.3. The molecule has 0 fully saturated rings. The zero-order chi connectivity index (χ0) is 16.3. The molecule has 0 saturated heterocycles. The second-order valence-electron chi connectivity index (χ2n) is 5.24. The molecule has 0 radical (unpaired) electrons. The molecule has 2 rings (SSSR count). The largest absolute Gasteiger partial charge is 0.396 e. The van der Waals surface area contributed by atoms with E-state index in [1.165, 1.54) is 0 Å². The Morgan fingerprint density at radius 3 is 2.57 bits per heavy atom. The fourth-order valence-corrected chi connectivity index (χ4v) is 2.31. The number of hydrogen-bond acceptors (Lipinski definition) is 3. The van der Waals surface area contributed by atoms with Crippen LogP contribution in [0.4, 0.5) is 0 Å². The molecule has 3 N–H and O–H groups in total. The van der Waals surface area contributed by atoms with E-state index in [-0.39, 0.29) is 12.5 Å². The molecule has 23 heavy (non-hydrogen) atoms. The summed E-state index contributed by atoms with van der Waals surface area (Å²) >= 11 is 0. The molecule has 5 heteroatoms. The molecule has 1 atom stereocenters. The van der Waals surface area contributed by atoms with Crippen LogP contribution in [0.5, 0.6) is 0 Å². The monoisotopic (exact) mass is 312 g/mol. The van der Waals surface area contributed by atoms with Crippen molar-refractivity contribution < 1.29 is 5.11 Å². The molecule has 1 heterocycles. The highest BCUT2D eigenvalue weighted by atomic mass is 16.3. The van der Waals surface area contributed by atoms with Gasteiger partial charge in [-0.2, -0.15) is 0 Å². The molecular weight excluding hydrogens is 288 g/mol. The van der Waals surface area contributed by atoms with Gasteiger partial charge >= 0.3 is 0 Å². The molecule has 122 valence electrons. The zero-order valence-electron chi connectivity index (χ0n) is 13.4. The van der Waals surface area contributed by atoms with Crippen LogP contribution in [0.15, 0.2) is 59.7 Å². The van der Waals surface area contributed by atoms with E-state index in [2.05, 4.69) is 20.6 Å². The number of nitrogens with zero attached hydrogens (tertiary/aromatic N) is 2. The maximum Gasteiger partial charge on any atom is 0.191 e. The van der Waals surface area contributed by atoms with E-state index in [9.17, 15) is 5.11 Å². The zero-order valence-corrected chi connectivity index (χ0v) is 13.4. The van der Waals surface area contributed by atoms with Crippen LogP contribution in [0.25, 0.3) is 0 Å². The molecule has 0 bridgehead atoms. The summed E-state index contributed by atoms with van der Waals surface area (Å²) in [6, 6.07) is 15.9. The Labute approximate surface area is 137 Å². The number of nitrogens with one attached hydrogen (secondary N) is 2. The third kappa shape index (κ3) is 5.71. The van der Waals surface area contributed by atoms with E-state index >= 15 is 0 Å². The molecule has 0 amide bonds. The van der Waals surface area contributed by atoms with Gasteiger partial charge in [-0.25, -0.2) is 0 Å². The minimum atomic E-state index is 0.0468. The van der Waals surface area contributed by atoms with Crippen LogP contribution >= 0.6 is 0 Å². The molecule has 2 aromatic rings. The van der Waals surface area contributed by atoms with Crippen molar-refractivity contribution in [3.63, 3.8) is 0 Å². The van der Waals surface area contributed by atoms with Crippen molar-refractivity contribution in [2.75, 3.05) is 26.7 Å². The van der Waals surface area contributed by atoms with Crippen molar-refractivity contribution in [2.45, 2.75) is 12.3 Å². The van der Waals surface area contributed by atoms with Gasteiger partial charge in [-0.15, -0.1) is 0 Å². The fourth-order valence-electron chi connectivity index (χ4n) is 2.31. The number of aromatic nitrogens is 1. The van der Waals surface area contributed by atoms with Crippen molar-refractivity contribution in [3.8, 4) is 0 Å². The van der Waals surface area contributed by atoms with Crippen LogP contribution in [0.3, 0.4) is 0 Å². The van der Waals surface area contributed by atoms with Crippen molar-refractivity contribution in [3.05, 3.63) is 66.0 Å². The summed E-state index contributed by atoms with van der Waals surface area (Å²) in [7, 11) is 1.74. The quantitative estimate of drug-likeness (QED) is 0.536. The van der Waals surface area contributed by atoms with Gasteiger partial charge in [-0.3, -0.25) is 9.98 Å². The molecule has 0 aliphatic carbocycles. The Balaban J connectivity index is 1.78. The van der Waals surface area contributed by atoms with Gasteiger partial charge < -0.3 is 15.7 Å². The number of guanidine groups is 1. The lowest BCUT2D eigenvalue weighted by atomic mass is 10.0. The van der Waals surface area contributed by atoms with E-state index in [1.807, 2.05) is 48.5 Å². The first kappa shape index (κ1) is 17.0. The normalized spacial score (nSPS) is 12.7. The van der Waals surface area contributed by atoms with Gasteiger partial charge in [0.15, 0.2) is 5.96 Å². The van der Waals surface area contributed by atoms with Gasteiger partial charge in [0.05, 0.1) is 6.61 Å². The lowest BCUT2D eigenvalue weighted by molar-refractivity contribution is 0.265. The molecule has 0 aliphatic rings. The predicted octanol–water partition coefficient (Wildman–Crippen LogP) is 1.57. The van der Waals surface area contributed by atoms with Crippen LogP contribution in [0, 0.1) is 0 Å². The number of benzene rings is 1. The van der Waals surface area contributed by atoms with Gasteiger partial charge in [0.1, 0.15) is 0 Å². The number of aliphatic hydroxyl groups excluding tert-OH is 1. The minimum Gasteiger partial charge on any atom is -0.396 e. The lowest BCUT2D eigenvalue weighted by Gasteiger charge is -2.18. The standard InChI is InChI=1S/C18H24N4O/c1-19-18(21-12-10-17-9-5-6-11-20-17)22-13-16(14-23)15-7-3-2-4-8-15/h2-9,11,16,23H,10,12-14H2,1H3,(H2,19,21,22). The van der Waals surface area contributed by atoms with Crippen molar-refractivity contribution in [2.24, 2.45) is 4.99 Å². The van der Waals surface area contributed by atoms with Crippen LogP contribution in [-0.2, 0) is 6.42 Å². The van der Waals surface area contributed by atoms with Crippen LogP contribution < -0.4 is 10.6 Å². The summed E-state index contributed by atoms with van der Waals surface area (Å²) in [4.78, 5) is 8.51. The van der Waals surface area contributed by atoms with E-state index < -0.39 is 0 Å². The highest BCUT2D eigenvalue weighted by molar-refractivity contribution is 5.79. The third-order valence-corrected chi connectivity index (χ3v) is 3.63. The Morgan fingerprint density at radius 2 is 1.91 bits per heavy atom. The SMILES string of the molecule is CN=C(NCCc1ccccn1)NCC(CO)c1ccccc1. The first-order valence-electron chi connectivity index (χ1n) is 7.83. The average molecular weight is 312 g/mol. The summed E-state index contributed by atoms with van der Waals surface area (Å²) < 4.78 is 0. The highest BCUT2D eigenvalue weighted by Crippen LogP contribution is 2.13. The Hall–Kier alpha value is -2.40. The number of pyridine rings is 1. The van der Waals surface area contributed by atoms with Gasteiger partial charge in [-0.05, 0) is 17.7 Å².